The molecule has 1 atom stereocenters. The number of likely N-dealkylation sites (tertiary alicyclic amines) is 1. The maximum absolute atomic E-state index is 12.6. The van der Waals surface area contributed by atoms with Crippen molar-refractivity contribution in [2.75, 3.05) is 13.1 Å². The van der Waals surface area contributed by atoms with Gasteiger partial charge in [-0.05, 0) is 32.4 Å². The molecule has 1 N–H and O–H groups in total. The van der Waals surface area contributed by atoms with Crippen LogP contribution in [0.2, 0.25) is 0 Å². The first kappa shape index (κ1) is 14.6. The van der Waals surface area contributed by atoms with E-state index < -0.39 is 0 Å². The monoisotopic (exact) mass is 274 g/mol. The van der Waals surface area contributed by atoms with Crippen molar-refractivity contribution in [1.82, 2.24) is 4.90 Å². The zero-order chi connectivity index (χ0) is 14.7. The van der Waals surface area contributed by atoms with Crippen LogP contribution in [-0.2, 0) is 0 Å². The van der Waals surface area contributed by atoms with Gasteiger partial charge in [0.1, 0.15) is 0 Å². The molecule has 1 heterocycles. The van der Waals surface area contributed by atoms with Crippen LogP contribution in [0, 0.1) is 19.8 Å². The first-order valence-electron chi connectivity index (χ1n) is 7.13. The number of aryl methyl sites for hydroxylation is 2. The fourth-order valence-corrected chi connectivity index (χ4v) is 2.88. The molecular formula is C16H22N2O2. The van der Waals surface area contributed by atoms with E-state index in [-0.39, 0.29) is 11.8 Å². The number of carbonyl (C=O) groups excluding carboxylic acids is 1. The Kier molecular flexibility index (Phi) is 4.42. The number of oxime groups is 1. The molecule has 0 aromatic heterocycles. The van der Waals surface area contributed by atoms with Gasteiger partial charge in [-0.2, -0.15) is 0 Å². The molecule has 1 aliphatic heterocycles. The first-order valence-corrected chi connectivity index (χ1v) is 7.13. The molecule has 1 saturated heterocycles. The molecule has 4 heteroatoms. The number of nitrogens with zero attached hydrogens (tertiary/aromatic N) is 2. The lowest BCUT2D eigenvalue weighted by Crippen LogP contribution is -2.44. The van der Waals surface area contributed by atoms with Gasteiger partial charge in [-0.1, -0.05) is 29.3 Å². The average molecular weight is 274 g/mol. The van der Waals surface area contributed by atoms with Crippen molar-refractivity contribution in [3.63, 3.8) is 0 Å². The van der Waals surface area contributed by atoms with Crippen molar-refractivity contribution in [2.24, 2.45) is 11.1 Å². The van der Waals surface area contributed by atoms with Crippen LogP contribution in [0.4, 0.5) is 0 Å². The molecule has 0 aliphatic carbocycles. The van der Waals surface area contributed by atoms with Gasteiger partial charge in [0.15, 0.2) is 0 Å². The van der Waals surface area contributed by atoms with Gasteiger partial charge in [-0.15, -0.1) is 0 Å². The minimum absolute atomic E-state index is 0.0761. The first-order chi connectivity index (χ1) is 9.55. The minimum atomic E-state index is 0.0761. The predicted octanol–water partition coefficient (Wildman–Crippen LogP) is 3.01. The van der Waals surface area contributed by atoms with E-state index in [1.807, 2.05) is 30.9 Å². The van der Waals surface area contributed by atoms with Crippen molar-refractivity contribution < 1.29 is 10.0 Å². The van der Waals surface area contributed by atoms with Crippen molar-refractivity contribution in [3.8, 4) is 0 Å². The van der Waals surface area contributed by atoms with Crippen molar-refractivity contribution in [3.05, 3.63) is 34.9 Å². The van der Waals surface area contributed by atoms with E-state index in [1.54, 1.807) is 0 Å². The van der Waals surface area contributed by atoms with Crippen LogP contribution in [0.25, 0.3) is 0 Å². The summed E-state index contributed by atoms with van der Waals surface area (Å²) in [6.07, 6.45) is 1.54. The van der Waals surface area contributed by atoms with Crippen LogP contribution in [-0.4, -0.2) is 34.8 Å². The summed E-state index contributed by atoms with van der Waals surface area (Å²) in [6, 6.07) is 5.94. The van der Waals surface area contributed by atoms with Crippen LogP contribution in [0.15, 0.2) is 23.4 Å². The van der Waals surface area contributed by atoms with Crippen LogP contribution >= 0.6 is 0 Å². The molecule has 0 saturated carbocycles. The summed E-state index contributed by atoms with van der Waals surface area (Å²) in [7, 11) is 0. The summed E-state index contributed by atoms with van der Waals surface area (Å²) in [5.41, 5.74) is 3.78. The van der Waals surface area contributed by atoms with Crippen molar-refractivity contribution >= 4 is 11.6 Å². The lowest BCUT2D eigenvalue weighted by atomic mass is 9.92. The lowest BCUT2D eigenvalue weighted by molar-refractivity contribution is 0.0729. The number of amides is 1. The summed E-state index contributed by atoms with van der Waals surface area (Å²) < 4.78 is 0. The Morgan fingerprint density at radius 3 is 2.55 bits per heavy atom. The average Bonchev–Trinajstić information content (AvgIpc) is 2.44. The quantitative estimate of drug-likeness (QED) is 0.666. The fraction of sp³-hybridized carbons (Fsp3) is 0.500. The Morgan fingerprint density at radius 1 is 1.35 bits per heavy atom. The summed E-state index contributed by atoms with van der Waals surface area (Å²) in [4.78, 5) is 14.5. The summed E-state index contributed by atoms with van der Waals surface area (Å²) in [5, 5.41) is 12.4. The molecular weight excluding hydrogens is 252 g/mol. The highest BCUT2D eigenvalue weighted by Crippen LogP contribution is 2.20. The third kappa shape index (κ3) is 3.00. The van der Waals surface area contributed by atoms with Crippen LogP contribution in [0.3, 0.4) is 0 Å². The van der Waals surface area contributed by atoms with E-state index in [9.17, 15) is 4.79 Å². The second-order valence-corrected chi connectivity index (χ2v) is 5.57. The van der Waals surface area contributed by atoms with Crippen molar-refractivity contribution in [1.29, 1.82) is 0 Å². The van der Waals surface area contributed by atoms with E-state index in [0.29, 0.717) is 19.5 Å². The van der Waals surface area contributed by atoms with Gasteiger partial charge >= 0.3 is 0 Å². The van der Waals surface area contributed by atoms with E-state index in [0.717, 1.165) is 28.8 Å². The van der Waals surface area contributed by atoms with E-state index in [1.165, 1.54) is 0 Å². The molecule has 1 aromatic rings. The highest BCUT2D eigenvalue weighted by molar-refractivity contribution is 5.96. The third-order valence-corrected chi connectivity index (χ3v) is 3.93. The molecule has 0 bridgehead atoms. The smallest absolute Gasteiger partial charge is 0.253 e. The van der Waals surface area contributed by atoms with Gasteiger partial charge in [0, 0.05) is 31.0 Å². The fourth-order valence-electron chi connectivity index (χ4n) is 2.88. The molecule has 1 aromatic carbocycles. The van der Waals surface area contributed by atoms with E-state index in [2.05, 4.69) is 18.1 Å². The number of hydrogen-bond donors (Lipinski definition) is 1. The lowest BCUT2D eigenvalue weighted by Gasteiger charge is -2.33. The Bertz CT molecular complexity index is 517. The normalized spacial score (nSPS) is 21.2. The largest absolute Gasteiger partial charge is 0.411 e. The Morgan fingerprint density at radius 2 is 2.00 bits per heavy atom. The predicted molar refractivity (Wildman–Crippen MR) is 79.4 cm³/mol. The summed E-state index contributed by atoms with van der Waals surface area (Å²) in [5.74, 6) is 0.246. The molecule has 0 radical (unpaired) electrons. The second-order valence-electron chi connectivity index (χ2n) is 5.57. The van der Waals surface area contributed by atoms with Gasteiger partial charge in [-0.3, -0.25) is 4.79 Å². The molecule has 1 fully saturated rings. The van der Waals surface area contributed by atoms with Crippen LogP contribution in [0.5, 0.6) is 0 Å². The number of benzene rings is 1. The highest BCUT2D eigenvalue weighted by Gasteiger charge is 2.28. The second kappa shape index (κ2) is 6.07. The molecule has 1 unspecified atom stereocenters. The Balaban J connectivity index is 2.17. The zero-order valence-corrected chi connectivity index (χ0v) is 12.4. The topological polar surface area (TPSA) is 52.9 Å². The minimum Gasteiger partial charge on any atom is -0.411 e. The molecule has 1 amide bonds. The molecule has 4 nitrogen and oxygen atoms in total. The van der Waals surface area contributed by atoms with Gasteiger partial charge in [0.25, 0.3) is 5.91 Å². The number of carbonyl (C=O) groups is 1. The van der Waals surface area contributed by atoms with Gasteiger partial charge in [0.2, 0.25) is 0 Å². The molecule has 108 valence electrons. The van der Waals surface area contributed by atoms with E-state index in [4.69, 9.17) is 5.21 Å². The highest BCUT2D eigenvalue weighted by atomic mass is 16.4. The summed E-state index contributed by atoms with van der Waals surface area (Å²) >= 11 is 0. The number of rotatable bonds is 2. The maximum Gasteiger partial charge on any atom is 0.253 e. The Hall–Kier alpha value is -1.84. The molecule has 1 aliphatic rings. The molecule has 0 spiro atoms. The van der Waals surface area contributed by atoms with Gasteiger partial charge in [0.05, 0.1) is 5.71 Å². The molecule has 20 heavy (non-hydrogen) atoms. The van der Waals surface area contributed by atoms with Gasteiger partial charge < -0.3 is 10.1 Å². The number of hydrogen-bond acceptors (Lipinski definition) is 3. The standard InChI is InChI=1S/C16H22N2O2/c1-4-13-10-18(6-5-15(13)17-20)16(19)14-8-11(2)7-12(3)9-14/h7-9,13,20H,4-6,10H2,1-3H3/b17-15+. The zero-order valence-electron chi connectivity index (χ0n) is 12.4. The van der Waals surface area contributed by atoms with E-state index >= 15 is 0 Å². The Labute approximate surface area is 120 Å². The number of piperidine rings is 1. The SMILES string of the molecule is CCC1CN(C(=O)c2cc(C)cc(C)c2)CC/C1=N\O. The van der Waals surface area contributed by atoms with Crippen molar-refractivity contribution in [2.45, 2.75) is 33.6 Å². The maximum atomic E-state index is 12.6. The third-order valence-electron chi connectivity index (χ3n) is 3.93. The summed E-state index contributed by atoms with van der Waals surface area (Å²) in [6.45, 7) is 7.33. The van der Waals surface area contributed by atoms with Crippen LogP contribution in [0.1, 0.15) is 41.3 Å². The van der Waals surface area contributed by atoms with Gasteiger partial charge in [-0.25, -0.2) is 0 Å². The molecule has 2 rings (SSSR count). The van der Waals surface area contributed by atoms with Crippen LogP contribution < -0.4 is 0 Å².